The lowest BCUT2D eigenvalue weighted by atomic mass is 10.1. The van der Waals surface area contributed by atoms with Gasteiger partial charge in [-0.3, -0.25) is 0 Å². The van der Waals surface area contributed by atoms with Crippen molar-refractivity contribution in [2.24, 2.45) is 0 Å². The zero-order valence-corrected chi connectivity index (χ0v) is 13.9. The number of aryl methyl sites for hydroxylation is 2. The number of halogens is 1. The number of aliphatic hydroxyl groups excluding tert-OH is 1. The fraction of sp³-hybridized carbons (Fsp3) is 0.529. The monoisotopic (exact) mass is 321 g/mol. The minimum absolute atomic E-state index is 0.270. The minimum atomic E-state index is -0.272. The van der Waals surface area contributed by atoms with Crippen LogP contribution in [0.15, 0.2) is 22.7 Å². The van der Waals surface area contributed by atoms with E-state index in [1.54, 1.807) is 26.0 Å². The number of hydrogen-bond acceptors (Lipinski definition) is 5. The highest BCUT2D eigenvalue weighted by atomic mass is 19.1. The quantitative estimate of drug-likeness (QED) is 0.810. The van der Waals surface area contributed by atoms with E-state index in [-0.39, 0.29) is 11.9 Å². The average molecular weight is 321 g/mol. The predicted octanol–water partition coefficient (Wildman–Crippen LogP) is 2.82. The van der Waals surface area contributed by atoms with E-state index in [0.717, 1.165) is 25.9 Å². The van der Waals surface area contributed by atoms with Crippen molar-refractivity contribution in [3.8, 4) is 11.4 Å². The molecule has 0 radical (unpaired) electrons. The summed E-state index contributed by atoms with van der Waals surface area (Å²) in [7, 11) is 2.02. The van der Waals surface area contributed by atoms with E-state index in [1.807, 2.05) is 7.05 Å². The molecule has 0 saturated heterocycles. The van der Waals surface area contributed by atoms with E-state index in [9.17, 15) is 9.50 Å². The van der Waals surface area contributed by atoms with Gasteiger partial charge in [-0.25, -0.2) is 4.39 Å². The molecule has 0 saturated carbocycles. The van der Waals surface area contributed by atoms with Crippen molar-refractivity contribution in [3.05, 3.63) is 35.5 Å². The summed E-state index contributed by atoms with van der Waals surface area (Å²) in [6, 6.07) is 4.92. The van der Waals surface area contributed by atoms with E-state index < -0.39 is 0 Å². The zero-order chi connectivity index (χ0) is 16.8. The zero-order valence-electron chi connectivity index (χ0n) is 13.9. The molecule has 2 rings (SSSR count). The van der Waals surface area contributed by atoms with Gasteiger partial charge in [0, 0.05) is 18.5 Å². The maximum atomic E-state index is 13.6. The lowest BCUT2D eigenvalue weighted by Gasteiger charge is -2.16. The Morgan fingerprint density at radius 3 is 2.83 bits per heavy atom. The molecule has 6 heteroatoms. The molecule has 1 atom stereocenters. The third kappa shape index (κ3) is 5.41. The molecule has 1 N–H and O–H groups in total. The van der Waals surface area contributed by atoms with Crippen molar-refractivity contribution in [1.82, 2.24) is 15.0 Å². The Hall–Kier alpha value is -1.79. The van der Waals surface area contributed by atoms with Crippen molar-refractivity contribution in [2.45, 2.75) is 39.2 Å². The van der Waals surface area contributed by atoms with Crippen LogP contribution in [0.5, 0.6) is 0 Å². The largest absolute Gasteiger partial charge is 0.393 e. The molecule has 2 aromatic rings. The summed E-state index contributed by atoms with van der Waals surface area (Å²) in [5, 5.41) is 13.2. The van der Waals surface area contributed by atoms with Gasteiger partial charge in [0.25, 0.3) is 0 Å². The third-order valence-corrected chi connectivity index (χ3v) is 3.76. The number of aliphatic hydroxyl groups is 1. The Labute approximate surface area is 136 Å². The summed E-state index contributed by atoms with van der Waals surface area (Å²) in [5.74, 6) is 0.708. The lowest BCUT2D eigenvalue weighted by molar-refractivity contribution is 0.164. The summed E-state index contributed by atoms with van der Waals surface area (Å²) < 4.78 is 18.8. The molecule has 0 fully saturated rings. The fourth-order valence-corrected chi connectivity index (χ4v) is 2.22. The van der Waals surface area contributed by atoms with Gasteiger partial charge in [0.1, 0.15) is 5.82 Å². The lowest BCUT2D eigenvalue weighted by Crippen LogP contribution is -2.23. The van der Waals surface area contributed by atoms with Crippen LogP contribution in [0.4, 0.5) is 4.39 Å². The van der Waals surface area contributed by atoms with Crippen molar-refractivity contribution in [2.75, 3.05) is 20.1 Å². The average Bonchev–Trinajstić information content (AvgIpc) is 2.97. The Bertz CT molecular complexity index is 628. The van der Waals surface area contributed by atoms with Gasteiger partial charge in [-0.1, -0.05) is 17.3 Å². The highest BCUT2D eigenvalue weighted by Gasteiger charge is 2.10. The first-order chi connectivity index (χ1) is 11.0. The summed E-state index contributed by atoms with van der Waals surface area (Å²) in [6.45, 7) is 5.26. The van der Waals surface area contributed by atoms with Crippen LogP contribution >= 0.6 is 0 Å². The first kappa shape index (κ1) is 17.6. The van der Waals surface area contributed by atoms with E-state index in [1.165, 1.54) is 6.07 Å². The SMILES string of the molecule is Cc1ccc(-c2noc(CCCN(C)CCC(C)O)n2)cc1F. The molecular formula is C17H24FN3O2. The molecule has 1 aromatic heterocycles. The van der Waals surface area contributed by atoms with Crippen LogP contribution in [0.3, 0.4) is 0 Å². The number of benzene rings is 1. The number of hydrogen-bond donors (Lipinski definition) is 1. The van der Waals surface area contributed by atoms with Crippen LogP contribution in [0.25, 0.3) is 11.4 Å². The minimum Gasteiger partial charge on any atom is -0.393 e. The van der Waals surface area contributed by atoms with Crippen LogP contribution in [-0.4, -0.2) is 46.4 Å². The Balaban J connectivity index is 1.84. The molecule has 1 heterocycles. The van der Waals surface area contributed by atoms with Gasteiger partial charge in [-0.2, -0.15) is 4.98 Å². The standard InChI is InChI=1S/C17H24FN3O2/c1-12-6-7-14(11-15(12)18)17-19-16(23-20-17)5-4-9-21(3)10-8-13(2)22/h6-7,11,13,22H,4-5,8-10H2,1-3H3. The molecule has 0 spiro atoms. The molecule has 0 aliphatic rings. The van der Waals surface area contributed by atoms with Gasteiger partial charge in [0.15, 0.2) is 0 Å². The fourth-order valence-electron chi connectivity index (χ4n) is 2.22. The molecule has 1 aromatic carbocycles. The maximum Gasteiger partial charge on any atom is 0.227 e. The molecule has 0 amide bonds. The first-order valence-electron chi connectivity index (χ1n) is 7.91. The molecule has 0 bridgehead atoms. The van der Waals surface area contributed by atoms with Crippen LogP contribution in [0.1, 0.15) is 31.2 Å². The molecular weight excluding hydrogens is 297 g/mol. The second-order valence-electron chi connectivity index (χ2n) is 6.02. The third-order valence-electron chi connectivity index (χ3n) is 3.76. The van der Waals surface area contributed by atoms with Gasteiger partial charge in [-0.05, 0) is 51.9 Å². The smallest absolute Gasteiger partial charge is 0.227 e. The normalized spacial score (nSPS) is 12.8. The van der Waals surface area contributed by atoms with Crippen molar-refractivity contribution in [1.29, 1.82) is 0 Å². The van der Waals surface area contributed by atoms with Gasteiger partial charge >= 0.3 is 0 Å². The van der Waals surface area contributed by atoms with Crippen molar-refractivity contribution < 1.29 is 14.0 Å². The molecule has 0 aliphatic heterocycles. The summed E-state index contributed by atoms with van der Waals surface area (Å²) in [4.78, 5) is 6.49. The van der Waals surface area contributed by atoms with E-state index in [2.05, 4.69) is 15.0 Å². The van der Waals surface area contributed by atoms with Crippen LogP contribution in [0, 0.1) is 12.7 Å². The highest BCUT2D eigenvalue weighted by Crippen LogP contribution is 2.19. The maximum absolute atomic E-state index is 13.6. The molecule has 0 aliphatic carbocycles. The van der Waals surface area contributed by atoms with Gasteiger partial charge in [0.05, 0.1) is 6.10 Å². The molecule has 1 unspecified atom stereocenters. The summed E-state index contributed by atoms with van der Waals surface area (Å²) in [6.07, 6.45) is 2.06. The van der Waals surface area contributed by atoms with Crippen LogP contribution in [-0.2, 0) is 6.42 Å². The molecule has 23 heavy (non-hydrogen) atoms. The van der Waals surface area contributed by atoms with E-state index in [0.29, 0.717) is 29.3 Å². The molecule has 5 nitrogen and oxygen atoms in total. The van der Waals surface area contributed by atoms with Crippen LogP contribution in [0.2, 0.25) is 0 Å². The predicted molar refractivity (Wildman–Crippen MR) is 86.5 cm³/mol. The van der Waals surface area contributed by atoms with Gasteiger partial charge in [-0.15, -0.1) is 0 Å². The van der Waals surface area contributed by atoms with Gasteiger partial charge in [0.2, 0.25) is 11.7 Å². The Morgan fingerprint density at radius 2 is 2.13 bits per heavy atom. The second kappa shape index (κ2) is 8.17. The molecule has 126 valence electrons. The van der Waals surface area contributed by atoms with Gasteiger partial charge < -0.3 is 14.5 Å². The first-order valence-corrected chi connectivity index (χ1v) is 7.91. The van der Waals surface area contributed by atoms with E-state index >= 15 is 0 Å². The number of aromatic nitrogens is 2. The Kier molecular flexibility index (Phi) is 6.24. The second-order valence-corrected chi connectivity index (χ2v) is 6.02. The summed E-state index contributed by atoms with van der Waals surface area (Å²) >= 11 is 0. The van der Waals surface area contributed by atoms with Crippen molar-refractivity contribution in [3.63, 3.8) is 0 Å². The number of nitrogens with zero attached hydrogens (tertiary/aromatic N) is 3. The van der Waals surface area contributed by atoms with E-state index in [4.69, 9.17) is 4.52 Å². The van der Waals surface area contributed by atoms with Crippen LogP contribution < -0.4 is 0 Å². The topological polar surface area (TPSA) is 62.4 Å². The highest BCUT2D eigenvalue weighted by molar-refractivity contribution is 5.54. The Morgan fingerprint density at radius 1 is 1.35 bits per heavy atom. The van der Waals surface area contributed by atoms with Crippen molar-refractivity contribution >= 4 is 0 Å². The summed E-state index contributed by atoms with van der Waals surface area (Å²) in [5.41, 5.74) is 1.22. The number of rotatable bonds is 8.